The largest absolute Gasteiger partial charge is 0.389 e. The van der Waals surface area contributed by atoms with Gasteiger partial charge in [0.2, 0.25) is 0 Å². The summed E-state index contributed by atoms with van der Waals surface area (Å²) in [6, 6.07) is -0.384. The number of hydrogen-bond donors (Lipinski definition) is 3. The lowest BCUT2D eigenvalue weighted by Crippen LogP contribution is -2.47. The maximum Gasteiger partial charge on any atom is 0.0969 e. The third-order valence-corrected chi connectivity index (χ3v) is 1.22. The van der Waals surface area contributed by atoms with Crippen molar-refractivity contribution in [3.8, 4) is 0 Å². The second-order valence-electron chi connectivity index (χ2n) is 2.96. The summed E-state index contributed by atoms with van der Waals surface area (Å²) in [6.45, 7) is 4.71. The molecule has 0 aromatic rings. The molecule has 0 aliphatic rings. The van der Waals surface area contributed by atoms with E-state index in [1.165, 1.54) is 13.8 Å². The van der Waals surface area contributed by atoms with Crippen molar-refractivity contribution in [3.05, 3.63) is 0 Å². The van der Waals surface area contributed by atoms with E-state index in [1.54, 1.807) is 6.92 Å². The number of aliphatic hydroxyl groups excluding tert-OH is 1. The van der Waals surface area contributed by atoms with Crippen LogP contribution in [0.25, 0.3) is 0 Å². The smallest absolute Gasteiger partial charge is 0.0969 e. The van der Waals surface area contributed by atoms with Gasteiger partial charge < -0.3 is 15.9 Å². The summed E-state index contributed by atoms with van der Waals surface area (Å²) in [5.41, 5.74) is 4.22. The van der Waals surface area contributed by atoms with E-state index in [4.69, 9.17) is 15.9 Å². The van der Waals surface area contributed by atoms with Gasteiger partial charge in [0.1, 0.15) is 0 Å². The zero-order valence-corrected chi connectivity index (χ0v) is 6.13. The van der Waals surface area contributed by atoms with Crippen LogP contribution in [-0.2, 0) is 0 Å². The Kier molecular flexibility index (Phi) is 2.61. The van der Waals surface area contributed by atoms with Crippen LogP contribution in [0.4, 0.5) is 0 Å². The second-order valence-corrected chi connectivity index (χ2v) is 2.96. The number of aliphatic hydroxyl groups is 2. The highest BCUT2D eigenvalue weighted by Crippen LogP contribution is 2.09. The van der Waals surface area contributed by atoms with Gasteiger partial charge in [0.15, 0.2) is 0 Å². The van der Waals surface area contributed by atoms with Gasteiger partial charge in [-0.2, -0.15) is 0 Å². The molecule has 2 unspecified atom stereocenters. The fourth-order valence-electron chi connectivity index (χ4n) is 0.643. The minimum absolute atomic E-state index is 0.384. The molecule has 0 rings (SSSR count). The molecule has 0 radical (unpaired) electrons. The Morgan fingerprint density at radius 3 is 1.78 bits per heavy atom. The van der Waals surface area contributed by atoms with E-state index in [-0.39, 0.29) is 6.04 Å². The zero-order valence-electron chi connectivity index (χ0n) is 6.13. The van der Waals surface area contributed by atoms with Crippen molar-refractivity contribution in [3.63, 3.8) is 0 Å². The van der Waals surface area contributed by atoms with E-state index in [0.29, 0.717) is 0 Å². The van der Waals surface area contributed by atoms with Crippen molar-refractivity contribution in [2.75, 3.05) is 0 Å². The van der Waals surface area contributed by atoms with Crippen molar-refractivity contribution in [1.82, 2.24) is 0 Å². The minimum Gasteiger partial charge on any atom is -0.389 e. The zero-order chi connectivity index (χ0) is 7.65. The molecule has 56 valence electrons. The number of hydrogen-bond acceptors (Lipinski definition) is 3. The molecule has 0 heterocycles. The van der Waals surface area contributed by atoms with E-state index < -0.39 is 11.7 Å². The first-order valence-corrected chi connectivity index (χ1v) is 3.01. The molecule has 0 aliphatic heterocycles. The maximum absolute atomic E-state index is 9.13. The lowest BCUT2D eigenvalue weighted by Gasteiger charge is -2.27. The Balaban J connectivity index is 3.88. The van der Waals surface area contributed by atoms with Gasteiger partial charge in [-0.15, -0.1) is 0 Å². The normalized spacial score (nSPS) is 19.3. The Labute approximate surface area is 55.5 Å². The molecule has 0 spiro atoms. The van der Waals surface area contributed by atoms with Crippen molar-refractivity contribution in [2.45, 2.75) is 38.5 Å². The third kappa shape index (κ3) is 2.79. The molecule has 4 N–H and O–H groups in total. The summed E-state index contributed by atoms with van der Waals surface area (Å²) < 4.78 is 0. The fraction of sp³-hybridized carbons (Fsp3) is 1.00. The maximum atomic E-state index is 9.13. The highest BCUT2D eigenvalue weighted by molar-refractivity contribution is 4.82. The van der Waals surface area contributed by atoms with Gasteiger partial charge in [0.05, 0.1) is 11.7 Å². The lowest BCUT2D eigenvalue weighted by atomic mass is 9.97. The van der Waals surface area contributed by atoms with Gasteiger partial charge >= 0.3 is 0 Å². The van der Waals surface area contributed by atoms with Crippen molar-refractivity contribution >= 4 is 0 Å². The first-order chi connectivity index (χ1) is 3.85. The number of rotatable bonds is 2. The Morgan fingerprint density at radius 2 is 1.78 bits per heavy atom. The summed E-state index contributed by atoms with van der Waals surface area (Å²) in [4.78, 5) is 0. The fourth-order valence-corrected chi connectivity index (χ4v) is 0.643. The summed E-state index contributed by atoms with van der Waals surface area (Å²) in [6.07, 6.45) is -0.850. The van der Waals surface area contributed by atoms with Crippen LogP contribution < -0.4 is 5.73 Å². The molecule has 3 heteroatoms. The third-order valence-electron chi connectivity index (χ3n) is 1.22. The molecule has 0 bridgehead atoms. The average Bonchev–Trinajstić information content (AvgIpc) is 1.62. The van der Waals surface area contributed by atoms with Gasteiger partial charge in [-0.05, 0) is 20.8 Å². The molecule has 9 heavy (non-hydrogen) atoms. The minimum atomic E-state index is -1.09. The van der Waals surface area contributed by atoms with Crippen LogP contribution in [0, 0.1) is 0 Å². The van der Waals surface area contributed by atoms with Crippen LogP contribution in [0.5, 0.6) is 0 Å². The molecular weight excluding hydrogens is 118 g/mol. The Bertz CT molecular complexity index is 85.5. The van der Waals surface area contributed by atoms with Crippen LogP contribution in [-0.4, -0.2) is 28.0 Å². The van der Waals surface area contributed by atoms with Crippen LogP contribution in [0.1, 0.15) is 20.8 Å². The van der Waals surface area contributed by atoms with Crippen LogP contribution in [0.15, 0.2) is 0 Å². The summed E-state index contributed by atoms with van der Waals surface area (Å²) in [7, 11) is 0. The molecule has 0 aromatic carbocycles. The first kappa shape index (κ1) is 8.88. The number of nitrogens with two attached hydrogens (primary N) is 1. The molecule has 0 saturated carbocycles. The molecule has 2 atom stereocenters. The molecule has 0 amide bonds. The predicted molar refractivity (Wildman–Crippen MR) is 36.0 cm³/mol. The van der Waals surface area contributed by atoms with Crippen LogP contribution in [0.2, 0.25) is 0 Å². The van der Waals surface area contributed by atoms with Gasteiger partial charge in [-0.1, -0.05) is 0 Å². The van der Waals surface area contributed by atoms with Gasteiger partial charge in [-0.3, -0.25) is 0 Å². The standard InChI is InChI=1S/C6H15NO2/c1-4(7)5(8)6(2,3)9/h4-5,8-9H,7H2,1-3H3. The van der Waals surface area contributed by atoms with Crippen molar-refractivity contribution in [2.24, 2.45) is 5.73 Å². The molecule has 0 aromatic heterocycles. The van der Waals surface area contributed by atoms with Crippen molar-refractivity contribution in [1.29, 1.82) is 0 Å². The van der Waals surface area contributed by atoms with Crippen molar-refractivity contribution < 1.29 is 10.2 Å². The van der Waals surface area contributed by atoms with E-state index in [9.17, 15) is 0 Å². The monoisotopic (exact) mass is 133 g/mol. The summed E-state index contributed by atoms with van der Waals surface area (Å²) in [5.74, 6) is 0. The van der Waals surface area contributed by atoms with E-state index in [2.05, 4.69) is 0 Å². The van der Waals surface area contributed by atoms with E-state index in [0.717, 1.165) is 0 Å². The van der Waals surface area contributed by atoms with Crippen LogP contribution in [0.3, 0.4) is 0 Å². The molecule has 0 saturated heterocycles. The van der Waals surface area contributed by atoms with Gasteiger partial charge in [0, 0.05) is 6.04 Å². The average molecular weight is 133 g/mol. The Hall–Kier alpha value is -0.120. The topological polar surface area (TPSA) is 66.5 Å². The highest BCUT2D eigenvalue weighted by Gasteiger charge is 2.27. The van der Waals surface area contributed by atoms with Crippen LogP contribution >= 0.6 is 0 Å². The molecule has 0 aliphatic carbocycles. The summed E-state index contributed by atoms with van der Waals surface area (Å²) >= 11 is 0. The first-order valence-electron chi connectivity index (χ1n) is 3.01. The predicted octanol–water partition coefficient (Wildman–Crippen LogP) is -0.535. The molecular formula is C6H15NO2. The molecule has 0 fully saturated rings. The molecule has 3 nitrogen and oxygen atoms in total. The lowest BCUT2D eigenvalue weighted by molar-refractivity contribution is -0.0566. The second kappa shape index (κ2) is 2.64. The SMILES string of the molecule is CC(N)C(O)C(C)(C)O. The van der Waals surface area contributed by atoms with Gasteiger partial charge in [0.25, 0.3) is 0 Å². The summed E-state index contributed by atoms with van der Waals surface area (Å²) in [5, 5.41) is 18.2. The van der Waals surface area contributed by atoms with E-state index >= 15 is 0 Å². The highest BCUT2D eigenvalue weighted by atomic mass is 16.3. The quantitative estimate of drug-likeness (QED) is 0.474. The van der Waals surface area contributed by atoms with Gasteiger partial charge in [-0.25, -0.2) is 0 Å². The Morgan fingerprint density at radius 1 is 1.44 bits per heavy atom. The van der Waals surface area contributed by atoms with E-state index in [1.807, 2.05) is 0 Å².